The highest BCUT2D eigenvalue weighted by molar-refractivity contribution is 9.10. The van der Waals surface area contributed by atoms with Gasteiger partial charge in [-0.15, -0.1) is 0 Å². The molecule has 0 unspecified atom stereocenters. The Bertz CT molecular complexity index is 733. The Labute approximate surface area is 159 Å². The molecule has 25 heavy (non-hydrogen) atoms. The van der Waals surface area contributed by atoms with E-state index in [0.29, 0.717) is 6.04 Å². The fourth-order valence-electron chi connectivity index (χ4n) is 4.17. The number of hydrogen-bond donors (Lipinski definition) is 2. The molecule has 0 amide bonds. The van der Waals surface area contributed by atoms with Crippen LogP contribution in [0, 0.1) is 11.8 Å². The molecule has 0 radical (unpaired) electrons. The van der Waals surface area contributed by atoms with Crippen LogP contribution in [0.2, 0.25) is 0 Å². The molecule has 2 fully saturated rings. The molecule has 0 aliphatic heterocycles. The predicted octanol–water partition coefficient (Wildman–Crippen LogP) is 5.14. The number of rotatable bonds is 6. The number of hydrogen-bond acceptors (Lipinski definition) is 3. The zero-order chi connectivity index (χ0) is 17.2. The Hall–Kier alpha value is -1.13. The Morgan fingerprint density at radius 2 is 1.84 bits per heavy atom. The summed E-state index contributed by atoms with van der Waals surface area (Å²) in [6.45, 7) is 1.16. The van der Waals surface area contributed by atoms with Crippen LogP contribution in [0.4, 0.5) is 5.69 Å². The predicted molar refractivity (Wildman–Crippen MR) is 109 cm³/mol. The van der Waals surface area contributed by atoms with Crippen molar-refractivity contribution in [3.63, 3.8) is 0 Å². The highest BCUT2D eigenvalue weighted by Crippen LogP contribution is 2.38. The van der Waals surface area contributed by atoms with Crippen molar-refractivity contribution in [3.8, 4) is 0 Å². The first-order valence-corrected chi connectivity index (χ1v) is 10.5. The van der Waals surface area contributed by atoms with E-state index >= 15 is 0 Å². The largest absolute Gasteiger partial charge is 0.381 e. The average Bonchev–Trinajstić information content (AvgIpc) is 3.43. The third kappa shape index (κ3) is 4.17. The van der Waals surface area contributed by atoms with Gasteiger partial charge in [0.2, 0.25) is 0 Å². The van der Waals surface area contributed by atoms with Gasteiger partial charge in [-0.2, -0.15) is 0 Å². The lowest BCUT2D eigenvalue weighted by Crippen LogP contribution is -2.30. The van der Waals surface area contributed by atoms with E-state index < -0.39 is 0 Å². The minimum Gasteiger partial charge on any atom is -0.381 e. The van der Waals surface area contributed by atoms with Crippen LogP contribution in [0.3, 0.4) is 0 Å². The van der Waals surface area contributed by atoms with Gasteiger partial charge in [0.25, 0.3) is 0 Å². The van der Waals surface area contributed by atoms with Crippen molar-refractivity contribution in [3.05, 3.63) is 34.4 Å². The standard InChI is InChI=1S/C21H28BrN3/c1-23-12-15-4-7-18(8-5-15)25-21-16(10-14-2-3-14)13-24-20-9-6-17(22)11-19(20)21/h6,9,11,13-15,18,23H,2-5,7-8,10,12H2,1H3,(H,24,25). The Morgan fingerprint density at radius 3 is 2.56 bits per heavy atom. The maximum absolute atomic E-state index is 4.72. The molecule has 2 N–H and O–H groups in total. The number of benzene rings is 1. The molecule has 1 aromatic heterocycles. The van der Waals surface area contributed by atoms with E-state index in [1.54, 1.807) is 0 Å². The third-order valence-electron chi connectivity index (χ3n) is 5.80. The topological polar surface area (TPSA) is 37.0 Å². The van der Waals surface area contributed by atoms with Crippen LogP contribution < -0.4 is 10.6 Å². The van der Waals surface area contributed by atoms with E-state index in [4.69, 9.17) is 4.98 Å². The highest BCUT2D eigenvalue weighted by Gasteiger charge is 2.26. The Morgan fingerprint density at radius 1 is 1.08 bits per heavy atom. The van der Waals surface area contributed by atoms with Gasteiger partial charge in [0.15, 0.2) is 0 Å². The van der Waals surface area contributed by atoms with Gasteiger partial charge < -0.3 is 10.6 Å². The molecular weight excluding hydrogens is 374 g/mol. The summed E-state index contributed by atoms with van der Waals surface area (Å²) >= 11 is 3.64. The normalized spacial score (nSPS) is 23.8. The number of halogens is 1. The van der Waals surface area contributed by atoms with Gasteiger partial charge in [0, 0.05) is 27.8 Å². The summed E-state index contributed by atoms with van der Waals surface area (Å²) in [6, 6.07) is 7.03. The molecule has 134 valence electrons. The van der Waals surface area contributed by atoms with E-state index in [-0.39, 0.29) is 0 Å². The molecule has 4 rings (SSSR count). The van der Waals surface area contributed by atoms with Gasteiger partial charge in [-0.05, 0) is 94.1 Å². The summed E-state index contributed by atoms with van der Waals surface area (Å²) in [5.74, 6) is 1.72. The fourth-order valence-corrected chi connectivity index (χ4v) is 4.53. The quantitative estimate of drug-likeness (QED) is 0.703. The lowest BCUT2D eigenvalue weighted by atomic mass is 9.85. The van der Waals surface area contributed by atoms with Gasteiger partial charge in [-0.25, -0.2) is 0 Å². The van der Waals surface area contributed by atoms with E-state index in [9.17, 15) is 0 Å². The van der Waals surface area contributed by atoms with Gasteiger partial charge in [0.05, 0.1) is 5.52 Å². The molecule has 0 bridgehead atoms. The summed E-state index contributed by atoms with van der Waals surface area (Å²) in [6.07, 6.45) is 11.2. The summed E-state index contributed by atoms with van der Waals surface area (Å²) in [5, 5.41) is 8.54. The van der Waals surface area contributed by atoms with Crippen LogP contribution in [-0.2, 0) is 6.42 Å². The van der Waals surface area contributed by atoms with Gasteiger partial charge >= 0.3 is 0 Å². The number of nitrogens with one attached hydrogen (secondary N) is 2. The molecular formula is C21H28BrN3. The number of aromatic nitrogens is 1. The number of pyridine rings is 1. The van der Waals surface area contributed by atoms with E-state index in [0.717, 1.165) is 28.4 Å². The van der Waals surface area contributed by atoms with E-state index in [1.807, 2.05) is 0 Å². The average molecular weight is 402 g/mol. The van der Waals surface area contributed by atoms with Crippen molar-refractivity contribution in [2.75, 3.05) is 18.9 Å². The summed E-state index contributed by atoms with van der Waals surface area (Å²) in [4.78, 5) is 4.72. The summed E-state index contributed by atoms with van der Waals surface area (Å²) in [5.41, 5.74) is 3.84. The molecule has 0 saturated heterocycles. The molecule has 0 spiro atoms. The first-order chi connectivity index (χ1) is 12.2. The lowest BCUT2D eigenvalue weighted by Gasteiger charge is -2.30. The number of fused-ring (bicyclic) bond motifs is 1. The Kier molecular flexibility index (Phi) is 5.28. The van der Waals surface area contributed by atoms with Crippen molar-refractivity contribution in [2.24, 2.45) is 11.8 Å². The van der Waals surface area contributed by atoms with Crippen LogP contribution >= 0.6 is 15.9 Å². The molecule has 1 aromatic carbocycles. The third-order valence-corrected chi connectivity index (χ3v) is 6.30. The zero-order valence-corrected chi connectivity index (χ0v) is 16.6. The minimum atomic E-state index is 0.593. The van der Waals surface area contributed by atoms with Gasteiger partial charge in [0.1, 0.15) is 0 Å². The van der Waals surface area contributed by atoms with Crippen molar-refractivity contribution >= 4 is 32.5 Å². The van der Waals surface area contributed by atoms with Crippen molar-refractivity contribution < 1.29 is 0 Å². The zero-order valence-electron chi connectivity index (χ0n) is 15.0. The van der Waals surface area contributed by atoms with E-state index in [1.165, 1.54) is 61.6 Å². The molecule has 4 heteroatoms. The molecule has 2 aliphatic rings. The molecule has 3 nitrogen and oxygen atoms in total. The van der Waals surface area contributed by atoms with Crippen molar-refractivity contribution in [1.82, 2.24) is 10.3 Å². The van der Waals surface area contributed by atoms with Crippen LogP contribution in [0.5, 0.6) is 0 Å². The van der Waals surface area contributed by atoms with Crippen LogP contribution in [0.15, 0.2) is 28.9 Å². The SMILES string of the molecule is CNCC1CCC(Nc2c(CC3CC3)cnc3ccc(Br)cc23)CC1. The van der Waals surface area contributed by atoms with Crippen molar-refractivity contribution in [1.29, 1.82) is 0 Å². The maximum Gasteiger partial charge on any atom is 0.0723 e. The van der Waals surface area contributed by atoms with E-state index in [2.05, 4.69) is 58.0 Å². The first kappa shape index (κ1) is 17.3. The van der Waals surface area contributed by atoms with Gasteiger partial charge in [-0.3, -0.25) is 4.98 Å². The highest BCUT2D eigenvalue weighted by atomic mass is 79.9. The molecule has 2 saturated carbocycles. The van der Waals surface area contributed by atoms with Crippen LogP contribution in [0.1, 0.15) is 44.1 Å². The maximum atomic E-state index is 4.72. The van der Waals surface area contributed by atoms with Crippen LogP contribution in [-0.4, -0.2) is 24.6 Å². The summed E-state index contributed by atoms with van der Waals surface area (Å²) < 4.78 is 1.13. The van der Waals surface area contributed by atoms with Gasteiger partial charge in [-0.1, -0.05) is 15.9 Å². The van der Waals surface area contributed by atoms with Crippen molar-refractivity contribution in [2.45, 2.75) is 51.0 Å². The number of anilines is 1. The number of nitrogens with zero attached hydrogens (tertiary/aromatic N) is 1. The second-order valence-electron chi connectivity index (χ2n) is 7.89. The summed E-state index contributed by atoms with van der Waals surface area (Å²) in [7, 11) is 2.06. The second kappa shape index (κ2) is 7.63. The second-order valence-corrected chi connectivity index (χ2v) is 8.80. The molecule has 0 atom stereocenters. The Balaban J connectivity index is 1.58. The first-order valence-electron chi connectivity index (χ1n) is 9.71. The molecule has 1 heterocycles. The minimum absolute atomic E-state index is 0.593. The monoisotopic (exact) mass is 401 g/mol. The van der Waals surface area contributed by atoms with Crippen LogP contribution in [0.25, 0.3) is 10.9 Å². The smallest absolute Gasteiger partial charge is 0.0723 e. The fraction of sp³-hybridized carbons (Fsp3) is 0.571. The molecule has 2 aromatic rings. The molecule has 2 aliphatic carbocycles. The lowest BCUT2D eigenvalue weighted by molar-refractivity contribution is 0.331.